The molecule has 7 nitrogen and oxygen atoms in total. The molecule has 162 valence electrons. The summed E-state index contributed by atoms with van der Waals surface area (Å²) in [6.45, 7) is 1.78. The van der Waals surface area contributed by atoms with Crippen LogP contribution in [0.3, 0.4) is 0 Å². The van der Waals surface area contributed by atoms with E-state index in [-0.39, 0.29) is 31.1 Å². The first-order valence-electron chi connectivity index (χ1n) is 10.1. The number of carbonyl (C=O) groups excluding carboxylic acids is 2. The average molecular weight is 494 g/mol. The van der Waals surface area contributed by atoms with Gasteiger partial charge >= 0.3 is 5.97 Å². The minimum absolute atomic E-state index is 0.0690. The molecule has 0 saturated heterocycles. The Bertz CT molecular complexity index is 1360. The molecule has 8 heteroatoms. The van der Waals surface area contributed by atoms with E-state index in [1.54, 1.807) is 31.2 Å². The lowest BCUT2D eigenvalue weighted by Crippen LogP contribution is -2.12. The van der Waals surface area contributed by atoms with Crippen molar-refractivity contribution in [1.29, 1.82) is 0 Å². The first-order valence-corrected chi connectivity index (χ1v) is 10.9. The Morgan fingerprint density at radius 2 is 1.69 bits per heavy atom. The van der Waals surface area contributed by atoms with Crippen LogP contribution in [0.4, 0.5) is 5.69 Å². The van der Waals surface area contributed by atoms with Gasteiger partial charge in [0, 0.05) is 9.86 Å². The molecule has 0 aliphatic heterocycles. The average Bonchev–Trinajstić information content (AvgIpc) is 3.05. The van der Waals surface area contributed by atoms with E-state index < -0.39 is 11.9 Å². The van der Waals surface area contributed by atoms with Gasteiger partial charge in [-0.2, -0.15) is 0 Å². The number of nitrogens with zero attached hydrogens (tertiary/aromatic N) is 3. The minimum atomic E-state index is -0.481. The Hall–Kier alpha value is -3.52. The van der Waals surface area contributed by atoms with Crippen molar-refractivity contribution in [2.24, 2.45) is 10.2 Å². The van der Waals surface area contributed by atoms with E-state index in [1.807, 2.05) is 36.4 Å². The molecule has 1 aromatic heterocycles. The van der Waals surface area contributed by atoms with Crippen LogP contribution in [0.2, 0.25) is 0 Å². The molecule has 32 heavy (non-hydrogen) atoms. The molecule has 1 N–H and O–H groups in total. The molecule has 0 unspecified atom stereocenters. The van der Waals surface area contributed by atoms with Gasteiger partial charge in [0.2, 0.25) is 5.88 Å². The number of rotatable bonds is 6. The molecule has 4 aromatic rings. The summed E-state index contributed by atoms with van der Waals surface area (Å²) in [5, 5.41) is 21.1. The number of hydrogen-bond acceptors (Lipinski definition) is 5. The molecule has 0 bridgehead atoms. The fraction of sp³-hybridized carbons (Fsp3) is 0.167. The second kappa shape index (κ2) is 9.32. The maximum Gasteiger partial charge on any atom is 0.326 e. The molecule has 0 aliphatic rings. The van der Waals surface area contributed by atoms with Crippen molar-refractivity contribution in [3.8, 4) is 5.88 Å². The number of para-hydroxylation sites is 1. The van der Waals surface area contributed by atoms with Crippen molar-refractivity contribution in [3.63, 3.8) is 0 Å². The lowest BCUT2D eigenvalue weighted by molar-refractivity contribution is -0.143. The number of fused-ring (bicyclic) bond motifs is 2. The summed E-state index contributed by atoms with van der Waals surface area (Å²) in [5.74, 6) is -1.17. The molecule has 0 spiro atoms. The van der Waals surface area contributed by atoms with Crippen LogP contribution in [0.25, 0.3) is 21.7 Å². The van der Waals surface area contributed by atoms with Gasteiger partial charge in [-0.15, -0.1) is 10.2 Å². The van der Waals surface area contributed by atoms with Crippen LogP contribution in [0.5, 0.6) is 5.88 Å². The van der Waals surface area contributed by atoms with E-state index in [2.05, 4.69) is 26.2 Å². The van der Waals surface area contributed by atoms with Crippen molar-refractivity contribution in [2.75, 3.05) is 6.61 Å². The highest BCUT2D eigenvalue weighted by molar-refractivity contribution is 9.10. The summed E-state index contributed by atoms with van der Waals surface area (Å²) in [7, 11) is 0. The van der Waals surface area contributed by atoms with Gasteiger partial charge in [-0.25, -0.2) is 0 Å². The number of benzene rings is 3. The summed E-state index contributed by atoms with van der Waals surface area (Å²) in [5.41, 5.74) is 1.57. The van der Waals surface area contributed by atoms with Crippen molar-refractivity contribution >= 4 is 55.2 Å². The van der Waals surface area contributed by atoms with E-state index >= 15 is 0 Å². The minimum Gasteiger partial charge on any atom is -0.493 e. The predicted octanol–water partition coefficient (Wildman–Crippen LogP) is 5.68. The molecule has 0 radical (unpaired) electrons. The van der Waals surface area contributed by atoms with Crippen LogP contribution in [-0.4, -0.2) is 28.2 Å². The molecule has 1 heterocycles. The quantitative estimate of drug-likeness (QED) is 0.276. The summed E-state index contributed by atoms with van der Waals surface area (Å²) in [6.07, 6.45) is 0.0690. The maximum atomic E-state index is 12.6. The summed E-state index contributed by atoms with van der Waals surface area (Å²) in [6, 6.07) is 18.6. The third kappa shape index (κ3) is 4.27. The van der Waals surface area contributed by atoms with Crippen LogP contribution < -0.4 is 0 Å². The van der Waals surface area contributed by atoms with Crippen LogP contribution in [0.15, 0.2) is 75.4 Å². The molecule has 0 aliphatic carbocycles. The van der Waals surface area contributed by atoms with Crippen LogP contribution >= 0.6 is 15.9 Å². The van der Waals surface area contributed by atoms with E-state index in [9.17, 15) is 14.7 Å². The smallest absolute Gasteiger partial charge is 0.326 e. The zero-order valence-electron chi connectivity index (χ0n) is 17.3. The highest BCUT2D eigenvalue weighted by Crippen LogP contribution is 2.39. The first-order chi connectivity index (χ1) is 15.5. The number of halogens is 1. The topological polar surface area (TPSA) is 93.2 Å². The molecular weight excluding hydrogens is 474 g/mol. The molecule has 1 amide bonds. The van der Waals surface area contributed by atoms with E-state index in [0.717, 1.165) is 20.8 Å². The predicted molar refractivity (Wildman–Crippen MR) is 125 cm³/mol. The number of carbonyl (C=O) groups is 2. The van der Waals surface area contributed by atoms with Crippen LogP contribution in [0.1, 0.15) is 12.5 Å². The van der Waals surface area contributed by atoms with Gasteiger partial charge in [0.05, 0.1) is 18.5 Å². The lowest BCUT2D eigenvalue weighted by atomic mass is 10.0. The largest absolute Gasteiger partial charge is 0.493 e. The van der Waals surface area contributed by atoms with Gasteiger partial charge in [-0.1, -0.05) is 64.5 Å². The highest BCUT2D eigenvalue weighted by atomic mass is 79.9. The Balaban J connectivity index is 1.63. The molecule has 0 atom stereocenters. The number of esters is 1. The number of amides is 1. The van der Waals surface area contributed by atoms with Gasteiger partial charge in [0.25, 0.3) is 5.91 Å². The van der Waals surface area contributed by atoms with Crippen LogP contribution in [-0.2, 0) is 27.3 Å². The Labute approximate surface area is 192 Å². The van der Waals surface area contributed by atoms with Gasteiger partial charge < -0.3 is 9.84 Å². The summed E-state index contributed by atoms with van der Waals surface area (Å²) < 4.78 is 7.33. The maximum absolute atomic E-state index is 12.6. The molecule has 4 rings (SSSR count). The Morgan fingerprint density at radius 3 is 2.44 bits per heavy atom. The van der Waals surface area contributed by atoms with E-state index in [4.69, 9.17) is 4.74 Å². The Morgan fingerprint density at radius 1 is 1.00 bits per heavy atom. The second-order valence-electron chi connectivity index (χ2n) is 7.10. The zero-order chi connectivity index (χ0) is 22.7. The van der Waals surface area contributed by atoms with Gasteiger partial charge in [-0.3, -0.25) is 14.2 Å². The van der Waals surface area contributed by atoms with Gasteiger partial charge in [-0.05, 0) is 35.4 Å². The monoisotopic (exact) mass is 493 g/mol. The second-order valence-corrected chi connectivity index (χ2v) is 7.96. The van der Waals surface area contributed by atoms with Crippen molar-refractivity contribution < 1.29 is 19.4 Å². The van der Waals surface area contributed by atoms with E-state index in [1.165, 1.54) is 4.57 Å². The number of aromatic nitrogens is 1. The lowest BCUT2D eigenvalue weighted by Gasteiger charge is -2.06. The third-order valence-electron chi connectivity index (χ3n) is 5.07. The SMILES string of the molecule is CCOC(=O)Cn1c(O)c(N=NC(=O)Cc2ccc(Br)c3ccccc23)c2ccccc21. The summed E-state index contributed by atoms with van der Waals surface area (Å²) >= 11 is 3.53. The number of azo groups is 1. The third-order valence-corrected chi connectivity index (χ3v) is 5.77. The first kappa shape index (κ1) is 21.7. The summed E-state index contributed by atoms with van der Waals surface area (Å²) in [4.78, 5) is 24.5. The molecule has 0 fully saturated rings. The van der Waals surface area contributed by atoms with Crippen molar-refractivity contribution in [1.82, 2.24) is 4.57 Å². The normalized spacial score (nSPS) is 11.4. The highest BCUT2D eigenvalue weighted by Gasteiger charge is 2.19. The fourth-order valence-electron chi connectivity index (χ4n) is 3.65. The van der Waals surface area contributed by atoms with Crippen LogP contribution in [0, 0.1) is 0 Å². The van der Waals surface area contributed by atoms with Crippen molar-refractivity contribution in [2.45, 2.75) is 19.9 Å². The number of hydrogen-bond donors (Lipinski definition) is 1. The van der Waals surface area contributed by atoms with E-state index in [0.29, 0.717) is 10.9 Å². The number of ether oxygens (including phenoxy) is 1. The molecular formula is C24H20BrN3O4. The fourth-order valence-corrected chi connectivity index (χ4v) is 4.13. The van der Waals surface area contributed by atoms with Crippen molar-refractivity contribution in [3.05, 3.63) is 70.7 Å². The van der Waals surface area contributed by atoms with Gasteiger partial charge in [0.1, 0.15) is 6.54 Å². The Kier molecular flexibility index (Phi) is 6.32. The van der Waals surface area contributed by atoms with Gasteiger partial charge in [0.15, 0.2) is 5.69 Å². The molecule has 0 saturated carbocycles. The number of aromatic hydroxyl groups is 1. The zero-order valence-corrected chi connectivity index (χ0v) is 18.9. The standard InChI is InChI=1S/C24H20BrN3O4/c1-2-32-22(30)14-28-20-10-6-5-9-18(20)23(24(28)31)27-26-21(29)13-15-11-12-19(25)17-8-4-3-7-16(15)17/h3-12,31H,2,13-14H2,1H3. The molecule has 3 aromatic carbocycles.